The normalized spacial score (nSPS) is 12.6. The van der Waals surface area contributed by atoms with Crippen molar-refractivity contribution in [3.63, 3.8) is 0 Å². The zero-order valence-corrected chi connectivity index (χ0v) is 52.9. The number of carbonyl (C=O) groups excluding carboxylic acids is 2. The van der Waals surface area contributed by atoms with Crippen LogP contribution in [-0.4, -0.2) is 47.4 Å². The Labute approximate surface area is 488 Å². The fourth-order valence-electron chi connectivity index (χ4n) is 11.3. The average Bonchev–Trinajstić information content (AvgIpc) is 3.44. The molecule has 462 valence electrons. The molecule has 3 N–H and O–H groups in total. The highest BCUT2D eigenvalue weighted by molar-refractivity contribution is 5.76. The monoisotopic (exact) mass is 1100 g/mol. The molecule has 0 aliphatic rings. The molecule has 0 aromatic heterocycles. The van der Waals surface area contributed by atoms with Gasteiger partial charge in [0.2, 0.25) is 5.91 Å². The van der Waals surface area contributed by atoms with Crippen LogP contribution in [0.2, 0.25) is 0 Å². The van der Waals surface area contributed by atoms with Crippen molar-refractivity contribution in [1.29, 1.82) is 0 Å². The predicted molar refractivity (Wildman–Crippen MR) is 343 cm³/mol. The molecular weight excluding hydrogens is 959 g/mol. The Morgan fingerprint density at radius 2 is 0.603 bits per heavy atom. The van der Waals surface area contributed by atoms with Crippen molar-refractivity contribution in [3.05, 3.63) is 24.3 Å². The second kappa shape index (κ2) is 67.8. The standard InChI is InChI=1S/C72H139NO5/c1-3-5-7-9-11-13-15-17-19-21-30-34-38-42-46-50-54-58-62-66-72(77)78-67-63-59-55-51-47-43-39-35-32-29-27-25-23-22-24-26-28-31-33-37-41-45-49-53-57-61-65-71(76)73-69(68-74)70(75)64-60-56-52-48-44-40-36-20-18-16-14-12-10-8-6-4-2/h17,19,60,64,69-70,74-75H,3-16,18,20-59,61-63,65-68H2,1-2H3,(H,73,76)/b19-17-,64-60+. The largest absolute Gasteiger partial charge is 0.466 e. The Kier molecular flexibility index (Phi) is 66.4. The van der Waals surface area contributed by atoms with E-state index in [1.165, 1.54) is 334 Å². The van der Waals surface area contributed by atoms with E-state index in [1.807, 2.05) is 6.08 Å². The lowest BCUT2D eigenvalue weighted by atomic mass is 10.0. The summed E-state index contributed by atoms with van der Waals surface area (Å²) in [5.41, 5.74) is 0. The Morgan fingerprint density at radius 3 is 0.910 bits per heavy atom. The number of ether oxygens (including phenoxy) is 1. The molecule has 0 rings (SSSR count). The van der Waals surface area contributed by atoms with Crippen molar-refractivity contribution in [2.75, 3.05) is 13.2 Å². The van der Waals surface area contributed by atoms with E-state index in [0.717, 1.165) is 38.5 Å². The number of nitrogens with one attached hydrogen (secondary N) is 1. The molecule has 6 nitrogen and oxygen atoms in total. The van der Waals surface area contributed by atoms with Gasteiger partial charge in [0.05, 0.1) is 25.4 Å². The highest BCUT2D eigenvalue weighted by atomic mass is 16.5. The van der Waals surface area contributed by atoms with E-state index < -0.39 is 12.1 Å². The van der Waals surface area contributed by atoms with Crippen LogP contribution in [0.25, 0.3) is 0 Å². The van der Waals surface area contributed by atoms with Crippen LogP contribution in [0.5, 0.6) is 0 Å². The van der Waals surface area contributed by atoms with E-state index in [4.69, 9.17) is 4.74 Å². The summed E-state index contributed by atoms with van der Waals surface area (Å²) in [6.45, 7) is 4.94. The fourth-order valence-corrected chi connectivity index (χ4v) is 11.3. The fraction of sp³-hybridized carbons (Fsp3) is 0.917. The maximum atomic E-state index is 12.5. The van der Waals surface area contributed by atoms with Gasteiger partial charge in [0.15, 0.2) is 0 Å². The van der Waals surface area contributed by atoms with Crippen LogP contribution >= 0.6 is 0 Å². The van der Waals surface area contributed by atoms with E-state index in [-0.39, 0.29) is 18.5 Å². The summed E-state index contributed by atoms with van der Waals surface area (Å²) >= 11 is 0. The van der Waals surface area contributed by atoms with Gasteiger partial charge in [-0.1, -0.05) is 353 Å². The van der Waals surface area contributed by atoms with Crippen molar-refractivity contribution in [1.82, 2.24) is 5.32 Å². The summed E-state index contributed by atoms with van der Waals surface area (Å²) in [7, 11) is 0. The van der Waals surface area contributed by atoms with Gasteiger partial charge >= 0.3 is 5.97 Å². The number of allylic oxidation sites excluding steroid dienone is 3. The van der Waals surface area contributed by atoms with Crippen molar-refractivity contribution in [3.8, 4) is 0 Å². The molecule has 0 saturated carbocycles. The molecular formula is C72H139NO5. The second-order valence-corrected chi connectivity index (χ2v) is 24.6. The quantitative estimate of drug-likeness (QED) is 0.0320. The molecule has 0 fully saturated rings. The summed E-state index contributed by atoms with van der Waals surface area (Å²) in [4.78, 5) is 24.6. The van der Waals surface area contributed by atoms with Gasteiger partial charge in [0.25, 0.3) is 0 Å². The third-order valence-electron chi connectivity index (χ3n) is 16.7. The van der Waals surface area contributed by atoms with Gasteiger partial charge in [-0.3, -0.25) is 9.59 Å². The van der Waals surface area contributed by atoms with Crippen LogP contribution in [0.15, 0.2) is 24.3 Å². The summed E-state index contributed by atoms with van der Waals surface area (Å²) in [6.07, 6.45) is 85.4. The maximum Gasteiger partial charge on any atom is 0.305 e. The maximum absolute atomic E-state index is 12.5. The van der Waals surface area contributed by atoms with Crippen LogP contribution in [0.3, 0.4) is 0 Å². The van der Waals surface area contributed by atoms with E-state index in [2.05, 4.69) is 31.3 Å². The minimum Gasteiger partial charge on any atom is -0.466 e. The lowest BCUT2D eigenvalue weighted by Gasteiger charge is -2.20. The van der Waals surface area contributed by atoms with Gasteiger partial charge in [-0.25, -0.2) is 0 Å². The zero-order chi connectivity index (χ0) is 56.4. The Balaban J connectivity index is 3.35. The number of hydrogen-bond acceptors (Lipinski definition) is 5. The molecule has 6 heteroatoms. The molecule has 0 aromatic rings. The molecule has 2 unspecified atom stereocenters. The van der Waals surface area contributed by atoms with Gasteiger partial charge in [0.1, 0.15) is 0 Å². The van der Waals surface area contributed by atoms with Crippen molar-refractivity contribution >= 4 is 11.9 Å². The van der Waals surface area contributed by atoms with Gasteiger partial charge < -0.3 is 20.3 Å². The van der Waals surface area contributed by atoms with Crippen molar-refractivity contribution in [2.24, 2.45) is 0 Å². The Morgan fingerprint density at radius 1 is 0.346 bits per heavy atom. The third-order valence-corrected chi connectivity index (χ3v) is 16.7. The summed E-state index contributed by atoms with van der Waals surface area (Å²) < 4.78 is 5.51. The number of aliphatic hydroxyl groups is 2. The Bertz CT molecular complexity index is 1220. The molecule has 78 heavy (non-hydrogen) atoms. The first-order valence-electron chi connectivity index (χ1n) is 35.6. The highest BCUT2D eigenvalue weighted by Gasteiger charge is 2.18. The van der Waals surface area contributed by atoms with E-state index in [9.17, 15) is 19.8 Å². The lowest BCUT2D eigenvalue weighted by molar-refractivity contribution is -0.143. The van der Waals surface area contributed by atoms with Crippen LogP contribution < -0.4 is 5.32 Å². The van der Waals surface area contributed by atoms with Crippen LogP contribution in [-0.2, 0) is 14.3 Å². The first-order chi connectivity index (χ1) is 38.5. The third kappa shape index (κ3) is 63.5. The minimum absolute atomic E-state index is 0.0172. The summed E-state index contributed by atoms with van der Waals surface area (Å²) in [5, 5.41) is 23.2. The SMILES string of the molecule is CCCCCCCC/C=C\CCCCCCCCCCCC(=O)OCCCCCCCCCCCCCCCCCCCCCCCCCCCCC(=O)NC(CO)C(O)/C=C/CCCCCCCCCCCCCCCC. The number of hydrogen-bond donors (Lipinski definition) is 3. The van der Waals surface area contributed by atoms with Crippen LogP contribution in [0.1, 0.15) is 399 Å². The molecule has 2 atom stereocenters. The average molecular weight is 1100 g/mol. The van der Waals surface area contributed by atoms with Gasteiger partial charge in [-0.2, -0.15) is 0 Å². The van der Waals surface area contributed by atoms with Gasteiger partial charge in [-0.05, 0) is 57.8 Å². The molecule has 0 heterocycles. The number of esters is 1. The lowest BCUT2D eigenvalue weighted by Crippen LogP contribution is -2.45. The van der Waals surface area contributed by atoms with Gasteiger partial charge in [0, 0.05) is 12.8 Å². The molecule has 1 amide bonds. The zero-order valence-electron chi connectivity index (χ0n) is 52.9. The van der Waals surface area contributed by atoms with Crippen molar-refractivity contribution in [2.45, 2.75) is 411 Å². The predicted octanol–water partition coefficient (Wildman–Crippen LogP) is 22.9. The molecule has 0 aliphatic carbocycles. The number of rotatable bonds is 67. The molecule has 0 bridgehead atoms. The molecule has 0 saturated heterocycles. The topological polar surface area (TPSA) is 95.9 Å². The number of unbranched alkanes of at least 4 members (excludes halogenated alkanes) is 54. The summed E-state index contributed by atoms with van der Waals surface area (Å²) in [5.74, 6) is -0.0456. The van der Waals surface area contributed by atoms with Crippen LogP contribution in [0, 0.1) is 0 Å². The smallest absolute Gasteiger partial charge is 0.305 e. The Hall–Kier alpha value is -1.66. The van der Waals surface area contributed by atoms with Gasteiger partial charge in [-0.15, -0.1) is 0 Å². The van der Waals surface area contributed by atoms with E-state index in [0.29, 0.717) is 19.4 Å². The number of carbonyl (C=O) groups is 2. The first-order valence-corrected chi connectivity index (χ1v) is 35.6. The van der Waals surface area contributed by atoms with Crippen molar-refractivity contribution < 1.29 is 24.5 Å². The first kappa shape index (κ1) is 76.3. The molecule has 0 aromatic carbocycles. The van der Waals surface area contributed by atoms with E-state index in [1.54, 1.807) is 6.08 Å². The summed E-state index contributed by atoms with van der Waals surface area (Å²) in [6, 6.07) is -0.626. The molecule has 0 radical (unpaired) electrons. The minimum atomic E-state index is -0.843. The molecule has 0 spiro atoms. The number of amides is 1. The second-order valence-electron chi connectivity index (χ2n) is 24.6. The van der Waals surface area contributed by atoms with Crippen LogP contribution in [0.4, 0.5) is 0 Å². The highest BCUT2D eigenvalue weighted by Crippen LogP contribution is 2.19. The molecule has 0 aliphatic heterocycles. The number of aliphatic hydroxyl groups excluding tert-OH is 2. The van der Waals surface area contributed by atoms with E-state index >= 15 is 0 Å².